The molecule has 0 aliphatic carbocycles. The lowest BCUT2D eigenvalue weighted by Gasteiger charge is -2.16. The first-order chi connectivity index (χ1) is 16.1. The molecule has 1 atom stereocenters. The quantitative estimate of drug-likeness (QED) is 0.176. The number of rotatable bonds is 11. The molecular formula is C25H28N6O2. The van der Waals surface area contributed by atoms with E-state index in [4.69, 9.17) is 11.3 Å². The van der Waals surface area contributed by atoms with E-state index in [1.165, 1.54) is 0 Å². The minimum Gasteiger partial charge on any atom is -0.349 e. The second-order valence-corrected chi connectivity index (χ2v) is 7.81. The molecule has 0 saturated carbocycles. The third-order valence-electron chi connectivity index (χ3n) is 5.39. The topological polar surface area (TPSA) is 133 Å². The molecule has 0 heterocycles. The molecule has 0 unspecified atom stereocenters. The second-order valence-electron chi connectivity index (χ2n) is 7.81. The third-order valence-corrected chi connectivity index (χ3v) is 5.39. The Morgan fingerprint density at radius 3 is 2.39 bits per heavy atom. The van der Waals surface area contributed by atoms with Gasteiger partial charge >= 0.3 is 0 Å². The Labute approximate surface area is 192 Å². The molecular weight excluding hydrogens is 416 g/mol. The van der Waals surface area contributed by atoms with Gasteiger partial charge in [-0.05, 0) is 65.5 Å². The Morgan fingerprint density at radius 1 is 0.939 bits per heavy atom. The van der Waals surface area contributed by atoms with Crippen LogP contribution in [-0.2, 0) is 6.54 Å². The van der Waals surface area contributed by atoms with Gasteiger partial charge in [-0.25, -0.2) is 0 Å². The van der Waals surface area contributed by atoms with E-state index in [1.807, 2.05) is 54.6 Å². The molecule has 0 aliphatic rings. The average Bonchev–Trinajstić information content (AvgIpc) is 2.85. The number of hydrogen-bond acceptors (Lipinski definition) is 4. The number of nitrogens with one attached hydrogen (secondary N) is 2. The van der Waals surface area contributed by atoms with E-state index >= 15 is 0 Å². The molecule has 3 rings (SSSR count). The molecule has 3 aromatic rings. The average molecular weight is 445 g/mol. The number of carbonyl (C=O) groups is 2. The van der Waals surface area contributed by atoms with Crippen LogP contribution in [0.15, 0.2) is 71.8 Å². The number of benzene rings is 3. The Morgan fingerprint density at radius 2 is 1.67 bits per heavy atom. The predicted octanol–water partition coefficient (Wildman–Crippen LogP) is 4.31. The van der Waals surface area contributed by atoms with Crippen LogP contribution in [0.3, 0.4) is 0 Å². The fraction of sp³-hybridized carbons (Fsp3) is 0.280. The van der Waals surface area contributed by atoms with Crippen molar-refractivity contribution in [3.8, 4) is 0 Å². The van der Waals surface area contributed by atoms with Gasteiger partial charge in [0.15, 0.2) is 0 Å². The van der Waals surface area contributed by atoms with E-state index in [2.05, 4.69) is 20.7 Å². The summed E-state index contributed by atoms with van der Waals surface area (Å²) in [6.45, 7) is 1.14. The van der Waals surface area contributed by atoms with E-state index in [0.29, 0.717) is 30.6 Å². The number of unbranched alkanes of at least 4 members (excludes halogenated alkanes) is 1. The highest BCUT2D eigenvalue weighted by Gasteiger charge is 2.13. The van der Waals surface area contributed by atoms with Crippen LogP contribution in [-0.4, -0.2) is 30.9 Å². The van der Waals surface area contributed by atoms with Gasteiger partial charge in [0.05, 0.1) is 0 Å². The fourth-order valence-electron chi connectivity index (χ4n) is 3.54. The van der Waals surface area contributed by atoms with Crippen LogP contribution < -0.4 is 16.4 Å². The summed E-state index contributed by atoms with van der Waals surface area (Å²) in [5.74, 6) is -0.381. The van der Waals surface area contributed by atoms with Crippen molar-refractivity contribution in [2.75, 3.05) is 13.1 Å². The van der Waals surface area contributed by atoms with Gasteiger partial charge in [-0.15, -0.1) is 0 Å². The van der Waals surface area contributed by atoms with Gasteiger partial charge in [0, 0.05) is 35.2 Å². The number of fused-ring (bicyclic) bond motifs is 1. The van der Waals surface area contributed by atoms with Crippen LogP contribution in [0.25, 0.3) is 21.2 Å². The van der Waals surface area contributed by atoms with E-state index in [1.54, 1.807) is 12.1 Å². The highest BCUT2D eigenvalue weighted by Crippen LogP contribution is 2.16. The molecule has 8 nitrogen and oxygen atoms in total. The predicted molar refractivity (Wildman–Crippen MR) is 130 cm³/mol. The first-order valence-corrected chi connectivity index (χ1v) is 11.0. The number of hydrogen-bond donors (Lipinski definition) is 3. The van der Waals surface area contributed by atoms with Crippen LogP contribution in [0.1, 0.15) is 45.5 Å². The van der Waals surface area contributed by atoms with Crippen LogP contribution >= 0.6 is 0 Å². The minimum atomic E-state index is -0.235. The molecule has 2 amide bonds. The number of carbonyl (C=O) groups excluding carboxylic acids is 2. The first-order valence-electron chi connectivity index (χ1n) is 11.0. The maximum absolute atomic E-state index is 12.6. The normalized spacial score (nSPS) is 11.4. The summed E-state index contributed by atoms with van der Waals surface area (Å²) >= 11 is 0. The fourth-order valence-corrected chi connectivity index (χ4v) is 3.54. The second kappa shape index (κ2) is 12.2. The molecule has 8 heteroatoms. The molecule has 0 aromatic heterocycles. The molecule has 0 bridgehead atoms. The number of nitrogens with zero attached hydrogens (tertiary/aromatic N) is 3. The van der Waals surface area contributed by atoms with Crippen molar-refractivity contribution < 1.29 is 9.59 Å². The minimum absolute atomic E-state index is 0.152. The van der Waals surface area contributed by atoms with Crippen molar-refractivity contribution >= 4 is 22.6 Å². The van der Waals surface area contributed by atoms with Gasteiger partial charge in [0.25, 0.3) is 11.8 Å². The third kappa shape index (κ3) is 7.07. The van der Waals surface area contributed by atoms with Crippen molar-refractivity contribution in [2.24, 2.45) is 10.8 Å². The Hall–Kier alpha value is -3.87. The zero-order chi connectivity index (χ0) is 23.5. The lowest BCUT2D eigenvalue weighted by atomic mass is 10.1. The summed E-state index contributed by atoms with van der Waals surface area (Å²) in [6.07, 6.45) is 2.39. The van der Waals surface area contributed by atoms with Gasteiger partial charge < -0.3 is 16.4 Å². The SMILES string of the molecule is [N-]=[N+]=NC[C@H](CCCCN)NC(=O)c1ccc(CNC(=O)c2ccc3ccccc3c2)cc1. The maximum atomic E-state index is 12.6. The monoisotopic (exact) mass is 444 g/mol. The highest BCUT2D eigenvalue weighted by molar-refractivity contribution is 5.98. The summed E-state index contributed by atoms with van der Waals surface area (Å²) in [5, 5.41) is 11.5. The standard InChI is InChI=1S/C25H28N6O2/c26-14-4-3-7-23(17-29-31-27)30-25(33)20-10-8-18(9-11-20)16-28-24(32)22-13-12-19-5-1-2-6-21(19)15-22/h1-2,5-6,8-13,15,23H,3-4,7,14,16-17,26H2,(H,28,32)(H,30,33)/t23-/m0/s1. The van der Waals surface area contributed by atoms with Gasteiger partial charge in [0.1, 0.15) is 0 Å². The van der Waals surface area contributed by atoms with Gasteiger partial charge in [-0.2, -0.15) is 0 Å². The van der Waals surface area contributed by atoms with Crippen LogP contribution in [0.5, 0.6) is 0 Å². The Balaban J connectivity index is 1.55. The highest BCUT2D eigenvalue weighted by atomic mass is 16.2. The summed E-state index contributed by atoms with van der Waals surface area (Å²) in [4.78, 5) is 27.9. The van der Waals surface area contributed by atoms with Crippen molar-refractivity contribution in [1.82, 2.24) is 10.6 Å². The summed E-state index contributed by atoms with van der Waals surface area (Å²) < 4.78 is 0. The van der Waals surface area contributed by atoms with E-state index in [-0.39, 0.29) is 24.4 Å². The molecule has 3 aromatic carbocycles. The maximum Gasteiger partial charge on any atom is 0.251 e. The van der Waals surface area contributed by atoms with Gasteiger partial charge in [-0.3, -0.25) is 9.59 Å². The lowest BCUT2D eigenvalue weighted by Crippen LogP contribution is -2.37. The Kier molecular flexibility index (Phi) is 8.82. The van der Waals surface area contributed by atoms with Crippen molar-refractivity contribution in [3.63, 3.8) is 0 Å². The lowest BCUT2D eigenvalue weighted by molar-refractivity contribution is 0.0931. The molecule has 33 heavy (non-hydrogen) atoms. The molecule has 0 saturated heterocycles. The van der Waals surface area contributed by atoms with E-state index in [0.717, 1.165) is 29.2 Å². The summed E-state index contributed by atoms with van der Waals surface area (Å²) in [6, 6.07) is 20.3. The molecule has 0 fully saturated rings. The molecule has 170 valence electrons. The summed E-state index contributed by atoms with van der Waals surface area (Å²) in [7, 11) is 0. The number of amides is 2. The Bertz CT molecular complexity index is 1140. The molecule has 0 aliphatic heterocycles. The molecule has 4 N–H and O–H groups in total. The van der Waals surface area contributed by atoms with E-state index < -0.39 is 0 Å². The van der Waals surface area contributed by atoms with Crippen molar-refractivity contribution in [1.29, 1.82) is 0 Å². The van der Waals surface area contributed by atoms with Crippen molar-refractivity contribution in [2.45, 2.75) is 31.8 Å². The van der Waals surface area contributed by atoms with Crippen LogP contribution in [0.4, 0.5) is 0 Å². The molecule has 0 radical (unpaired) electrons. The number of azide groups is 1. The van der Waals surface area contributed by atoms with Crippen LogP contribution in [0, 0.1) is 0 Å². The van der Waals surface area contributed by atoms with Gasteiger partial charge in [0.2, 0.25) is 0 Å². The van der Waals surface area contributed by atoms with Crippen LogP contribution in [0.2, 0.25) is 0 Å². The number of nitrogens with two attached hydrogens (primary N) is 1. The smallest absolute Gasteiger partial charge is 0.251 e. The van der Waals surface area contributed by atoms with E-state index in [9.17, 15) is 9.59 Å². The summed E-state index contributed by atoms with van der Waals surface area (Å²) in [5.41, 5.74) is 16.1. The largest absolute Gasteiger partial charge is 0.349 e. The molecule has 0 spiro atoms. The first kappa shape index (κ1) is 23.8. The van der Waals surface area contributed by atoms with Gasteiger partial charge in [-0.1, -0.05) is 54.0 Å². The van der Waals surface area contributed by atoms with Crippen molar-refractivity contribution in [3.05, 3.63) is 93.9 Å². The zero-order valence-electron chi connectivity index (χ0n) is 18.4. The zero-order valence-corrected chi connectivity index (χ0v) is 18.4.